The van der Waals surface area contributed by atoms with E-state index in [1.54, 1.807) is 6.92 Å². The van der Waals surface area contributed by atoms with Gasteiger partial charge < -0.3 is 14.8 Å². The number of carbonyl (C=O) groups is 2. The second-order valence-electron chi connectivity index (χ2n) is 5.78. The number of esters is 1. The lowest BCUT2D eigenvalue weighted by atomic mass is 9.68. The van der Waals surface area contributed by atoms with Crippen LogP contribution in [0.15, 0.2) is 24.3 Å². The summed E-state index contributed by atoms with van der Waals surface area (Å²) in [5.74, 6) is -1.15. The molecule has 4 unspecified atom stereocenters. The Morgan fingerprint density at radius 3 is 2.86 bits per heavy atom. The number of para-hydroxylation sites is 1. The molecule has 2 heterocycles. The Morgan fingerprint density at radius 2 is 2.14 bits per heavy atom. The van der Waals surface area contributed by atoms with Crippen LogP contribution in [0, 0.1) is 11.8 Å². The van der Waals surface area contributed by atoms with Crippen LogP contribution in [0.3, 0.4) is 0 Å². The van der Waals surface area contributed by atoms with Gasteiger partial charge in [-0.15, -0.1) is 0 Å². The number of fused-ring (bicyclic) bond motifs is 4. The molecule has 1 aromatic rings. The van der Waals surface area contributed by atoms with Crippen LogP contribution >= 0.6 is 0 Å². The minimum atomic E-state index is -0.821. The van der Waals surface area contributed by atoms with Gasteiger partial charge in [0.15, 0.2) is 5.72 Å². The lowest BCUT2D eigenvalue weighted by Gasteiger charge is -2.51. The largest absolute Gasteiger partial charge is 0.468 e. The van der Waals surface area contributed by atoms with Crippen LogP contribution in [0.2, 0.25) is 0 Å². The molecule has 1 aromatic carbocycles. The number of hydrogen-bond acceptors (Lipinski definition) is 4. The Bertz CT molecular complexity index is 600. The molecule has 2 aliphatic heterocycles. The molecule has 5 heteroatoms. The van der Waals surface area contributed by atoms with E-state index in [2.05, 4.69) is 5.32 Å². The van der Waals surface area contributed by atoms with Crippen LogP contribution in [-0.2, 0) is 14.3 Å². The van der Waals surface area contributed by atoms with Gasteiger partial charge in [0.2, 0.25) is 5.91 Å². The van der Waals surface area contributed by atoms with E-state index < -0.39 is 17.6 Å². The Kier molecular flexibility index (Phi) is 3.15. The van der Waals surface area contributed by atoms with Crippen molar-refractivity contribution in [3.63, 3.8) is 0 Å². The van der Waals surface area contributed by atoms with Crippen LogP contribution < -0.4 is 10.1 Å². The number of rotatable bonds is 2. The van der Waals surface area contributed by atoms with E-state index in [0.29, 0.717) is 0 Å². The van der Waals surface area contributed by atoms with Crippen molar-refractivity contribution in [3.05, 3.63) is 29.8 Å². The zero-order chi connectivity index (χ0) is 15.2. The normalized spacial score (nSPS) is 33.5. The number of carbonyl (C=O) groups excluding carboxylic acids is 2. The van der Waals surface area contributed by atoms with E-state index in [0.717, 1.165) is 11.3 Å². The van der Waals surface area contributed by atoms with Crippen LogP contribution in [-0.4, -0.2) is 24.2 Å². The molecule has 1 saturated heterocycles. The molecule has 5 nitrogen and oxygen atoms in total. The Balaban J connectivity index is 2.10. The number of hydrogen-bond donors (Lipinski definition) is 1. The summed E-state index contributed by atoms with van der Waals surface area (Å²) in [6, 6.07) is 7.56. The van der Waals surface area contributed by atoms with E-state index in [4.69, 9.17) is 9.47 Å². The zero-order valence-electron chi connectivity index (χ0n) is 12.4. The fraction of sp³-hybridized carbons (Fsp3) is 0.500. The highest BCUT2D eigenvalue weighted by Crippen LogP contribution is 2.50. The number of ether oxygens (including phenoxy) is 2. The van der Waals surface area contributed by atoms with E-state index in [-0.39, 0.29) is 24.3 Å². The molecular formula is C16H19NO4. The predicted octanol–water partition coefficient (Wildman–Crippen LogP) is 1.82. The van der Waals surface area contributed by atoms with Gasteiger partial charge in [-0.3, -0.25) is 9.59 Å². The first-order chi connectivity index (χ1) is 9.98. The van der Waals surface area contributed by atoms with Crippen LogP contribution in [0.1, 0.15) is 32.3 Å². The van der Waals surface area contributed by atoms with Crippen LogP contribution in [0.25, 0.3) is 0 Å². The van der Waals surface area contributed by atoms with E-state index in [1.807, 2.05) is 38.1 Å². The summed E-state index contributed by atoms with van der Waals surface area (Å²) in [7, 11) is 0. The fourth-order valence-electron chi connectivity index (χ4n) is 3.36. The lowest BCUT2D eigenvalue weighted by molar-refractivity contribution is -0.165. The molecule has 1 amide bonds. The first kappa shape index (κ1) is 13.9. The quantitative estimate of drug-likeness (QED) is 0.666. The van der Waals surface area contributed by atoms with Crippen molar-refractivity contribution in [1.82, 2.24) is 5.32 Å². The molecular weight excluding hydrogens is 270 g/mol. The number of amides is 1. The van der Waals surface area contributed by atoms with Gasteiger partial charge in [0.25, 0.3) is 0 Å². The Morgan fingerprint density at radius 1 is 1.43 bits per heavy atom. The SMILES string of the molecule is CCOC(=O)C1C(=O)NC2(C)Oc3ccccc3C1C2C. The van der Waals surface area contributed by atoms with Gasteiger partial charge in [-0.05, 0) is 25.5 Å². The standard InChI is InChI=1S/C16H19NO4/c1-4-20-15(19)13-12-9(2)16(3,17-14(13)18)21-11-8-6-5-7-10(11)12/h5-9,12-13H,4H2,1-3H3,(H,17,18). The molecule has 3 rings (SSSR count). The second kappa shape index (κ2) is 4.76. The van der Waals surface area contributed by atoms with Gasteiger partial charge in [-0.25, -0.2) is 0 Å². The Hall–Kier alpha value is -2.04. The third kappa shape index (κ3) is 1.99. The zero-order valence-corrected chi connectivity index (χ0v) is 12.4. The van der Waals surface area contributed by atoms with Gasteiger partial charge >= 0.3 is 5.97 Å². The van der Waals surface area contributed by atoms with Gasteiger partial charge in [0.1, 0.15) is 11.7 Å². The van der Waals surface area contributed by atoms with Gasteiger partial charge in [-0.1, -0.05) is 25.1 Å². The van der Waals surface area contributed by atoms with Crippen LogP contribution in [0.4, 0.5) is 0 Å². The highest BCUT2D eigenvalue weighted by molar-refractivity contribution is 6.00. The van der Waals surface area contributed by atoms with E-state index in [1.165, 1.54) is 0 Å². The molecule has 0 saturated carbocycles. The van der Waals surface area contributed by atoms with Crippen molar-refractivity contribution in [2.45, 2.75) is 32.4 Å². The van der Waals surface area contributed by atoms with Gasteiger partial charge in [0.05, 0.1) is 6.61 Å². The molecule has 0 aliphatic carbocycles. The summed E-state index contributed by atoms with van der Waals surface area (Å²) in [4.78, 5) is 24.6. The molecule has 112 valence electrons. The first-order valence-corrected chi connectivity index (χ1v) is 7.24. The third-order valence-electron chi connectivity index (χ3n) is 4.56. The molecule has 1 N–H and O–H groups in total. The summed E-state index contributed by atoms with van der Waals surface area (Å²) >= 11 is 0. The molecule has 0 radical (unpaired) electrons. The highest BCUT2D eigenvalue weighted by atomic mass is 16.5. The molecule has 0 aromatic heterocycles. The summed E-state index contributed by atoms with van der Waals surface area (Å²) in [6.45, 7) is 5.84. The molecule has 4 atom stereocenters. The van der Waals surface area contributed by atoms with Crippen molar-refractivity contribution < 1.29 is 19.1 Å². The summed E-state index contributed by atoms with van der Waals surface area (Å²) in [5, 5.41) is 2.84. The summed E-state index contributed by atoms with van der Waals surface area (Å²) < 4.78 is 11.1. The number of piperidine rings is 1. The third-order valence-corrected chi connectivity index (χ3v) is 4.56. The van der Waals surface area contributed by atoms with E-state index in [9.17, 15) is 9.59 Å². The monoisotopic (exact) mass is 289 g/mol. The summed E-state index contributed by atoms with van der Waals surface area (Å²) in [6.07, 6.45) is 0. The number of nitrogens with one attached hydrogen (secondary N) is 1. The van der Waals surface area contributed by atoms with Crippen molar-refractivity contribution in [3.8, 4) is 5.75 Å². The van der Waals surface area contributed by atoms with Crippen molar-refractivity contribution >= 4 is 11.9 Å². The maximum Gasteiger partial charge on any atom is 0.319 e. The first-order valence-electron chi connectivity index (χ1n) is 7.24. The summed E-state index contributed by atoms with van der Waals surface area (Å²) in [5.41, 5.74) is 0.106. The van der Waals surface area contributed by atoms with E-state index >= 15 is 0 Å². The fourth-order valence-corrected chi connectivity index (χ4v) is 3.36. The Labute approximate surface area is 123 Å². The molecule has 0 spiro atoms. The van der Waals surface area contributed by atoms with Crippen molar-refractivity contribution in [2.24, 2.45) is 11.8 Å². The minimum absolute atomic E-state index is 0.0282. The minimum Gasteiger partial charge on any atom is -0.468 e. The number of benzene rings is 1. The van der Waals surface area contributed by atoms with Gasteiger partial charge in [0, 0.05) is 11.8 Å². The second-order valence-corrected chi connectivity index (χ2v) is 5.78. The topological polar surface area (TPSA) is 64.6 Å². The molecule has 2 bridgehead atoms. The molecule has 21 heavy (non-hydrogen) atoms. The molecule has 1 fully saturated rings. The highest BCUT2D eigenvalue weighted by Gasteiger charge is 2.56. The maximum absolute atomic E-state index is 12.4. The average molecular weight is 289 g/mol. The van der Waals surface area contributed by atoms with Crippen molar-refractivity contribution in [1.29, 1.82) is 0 Å². The average Bonchev–Trinajstić information content (AvgIpc) is 2.42. The van der Waals surface area contributed by atoms with Gasteiger partial charge in [-0.2, -0.15) is 0 Å². The predicted molar refractivity (Wildman–Crippen MR) is 75.6 cm³/mol. The van der Waals surface area contributed by atoms with Crippen LogP contribution in [0.5, 0.6) is 5.75 Å². The van der Waals surface area contributed by atoms with Crippen molar-refractivity contribution in [2.75, 3.05) is 6.61 Å². The lowest BCUT2D eigenvalue weighted by Crippen LogP contribution is -2.66. The maximum atomic E-state index is 12.4. The molecule has 2 aliphatic rings. The smallest absolute Gasteiger partial charge is 0.319 e.